The van der Waals surface area contributed by atoms with Crippen molar-refractivity contribution in [3.63, 3.8) is 0 Å². The Balaban J connectivity index is 2.26. The van der Waals surface area contributed by atoms with E-state index >= 15 is 0 Å². The standard InChI is InChI=1S/C15H17F3N2O/c1-2-3-11(21)9-20-13-6-7-19-14-8-10(15(16,17)18)4-5-12(13)14/h4-8,11,21H,2-3,9H2,1H3,(H,19,20). The lowest BCUT2D eigenvalue weighted by Crippen LogP contribution is -2.19. The molecule has 1 aromatic carbocycles. The van der Waals surface area contributed by atoms with Crippen LogP contribution < -0.4 is 5.32 Å². The van der Waals surface area contributed by atoms with Crippen molar-refractivity contribution in [3.8, 4) is 0 Å². The average molecular weight is 298 g/mol. The number of alkyl halides is 3. The van der Waals surface area contributed by atoms with Crippen LogP contribution in [0.25, 0.3) is 10.9 Å². The van der Waals surface area contributed by atoms with Gasteiger partial charge in [0, 0.05) is 23.8 Å². The minimum absolute atomic E-state index is 0.278. The van der Waals surface area contributed by atoms with Gasteiger partial charge in [0.2, 0.25) is 0 Å². The summed E-state index contributed by atoms with van der Waals surface area (Å²) in [6.07, 6.45) is -1.86. The SMILES string of the molecule is CCCC(O)CNc1ccnc2cc(C(F)(F)F)ccc12. The summed E-state index contributed by atoms with van der Waals surface area (Å²) in [6.45, 7) is 2.33. The second-order valence-corrected chi connectivity index (χ2v) is 4.91. The number of hydrogen-bond acceptors (Lipinski definition) is 3. The molecule has 0 radical (unpaired) electrons. The van der Waals surface area contributed by atoms with Crippen molar-refractivity contribution in [1.29, 1.82) is 0 Å². The van der Waals surface area contributed by atoms with E-state index in [1.54, 1.807) is 6.07 Å². The molecule has 2 N–H and O–H groups in total. The van der Waals surface area contributed by atoms with E-state index in [1.165, 1.54) is 12.3 Å². The molecule has 6 heteroatoms. The van der Waals surface area contributed by atoms with Crippen LogP contribution in [0, 0.1) is 0 Å². The molecular weight excluding hydrogens is 281 g/mol. The van der Waals surface area contributed by atoms with E-state index in [4.69, 9.17) is 0 Å². The summed E-state index contributed by atoms with van der Waals surface area (Å²) in [5.41, 5.74) is 0.231. The predicted octanol–water partition coefficient (Wildman–Crippen LogP) is 3.83. The smallest absolute Gasteiger partial charge is 0.391 e. The quantitative estimate of drug-likeness (QED) is 0.882. The molecule has 1 unspecified atom stereocenters. The van der Waals surface area contributed by atoms with E-state index in [9.17, 15) is 18.3 Å². The summed E-state index contributed by atoms with van der Waals surface area (Å²) in [5, 5.41) is 13.4. The number of nitrogens with one attached hydrogen (secondary N) is 1. The van der Waals surface area contributed by atoms with E-state index in [2.05, 4.69) is 10.3 Å². The Morgan fingerprint density at radius 3 is 2.71 bits per heavy atom. The van der Waals surface area contributed by atoms with Crippen LogP contribution in [-0.4, -0.2) is 22.7 Å². The summed E-state index contributed by atoms with van der Waals surface area (Å²) in [6, 6.07) is 5.16. The number of aromatic nitrogens is 1. The molecule has 0 aliphatic heterocycles. The van der Waals surface area contributed by atoms with Crippen molar-refractivity contribution in [2.24, 2.45) is 0 Å². The summed E-state index contributed by atoms with van der Waals surface area (Å²) in [5.74, 6) is 0. The van der Waals surface area contributed by atoms with Crippen molar-refractivity contribution in [1.82, 2.24) is 4.98 Å². The summed E-state index contributed by atoms with van der Waals surface area (Å²) in [4.78, 5) is 3.98. The first-order valence-electron chi connectivity index (χ1n) is 6.79. The van der Waals surface area contributed by atoms with Crippen LogP contribution in [-0.2, 0) is 6.18 Å². The molecule has 1 atom stereocenters. The zero-order valence-corrected chi connectivity index (χ0v) is 11.6. The van der Waals surface area contributed by atoms with Gasteiger partial charge in [0.1, 0.15) is 0 Å². The number of anilines is 1. The molecule has 0 saturated carbocycles. The first-order valence-corrected chi connectivity index (χ1v) is 6.79. The van der Waals surface area contributed by atoms with E-state index in [0.29, 0.717) is 24.0 Å². The first kappa shape index (κ1) is 15.6. The van der Waals surface area contributed by atoms with Gasteiger partial charge in [-0.25, -0.2) is 0 Å². The summed E-state index contributed by atoms with van der Waals surface area (Å²) in [7, 11) is 0. The fourth-order valence-corrected chi connectivity index (χ4v) is 2.14. The third-order valence-corrected chi connectivity index (χ3v) is 3.22. The van der Waals surface area contributed by atoms with Crippen molar-refractivity contribution in [2.75, 3.05) is 11.9 Å². The average Bonchev–Trinajstić information content (AvgIpc) is 2.43. The number of aliphatic hydroxyl groups excluding tert-OH is 1. The highest BCUT2D eigenvalue weighted by molar-refractivity contribution is 5.91. The molecule has 0 aliphatic rings. The van der Waals surface area contributed by atoms with Crippen LogP contribution >= 0.6 is 0 Å². The molecule has 0 spiro atoms. The van der Waals surface area contributed by atoms with Gasteiger partial charge in [-0.2, -0.15) is 13.2 Å². The molecular formula is C15H17F3N2O. The van der Waals surface area contributed by atoms with E-state index in [-0.39, 0.29) is 5.52 Å². The van der Waals surface area contributed by atoms with E-state index in [0.717, 1.165) is 18.6 Å². The molecule has 114 valence electrons. The molecule has 2 aromatic rings. The highest BCUT2D eigenvalue weighted by atomic mass is 19.4. The van der Waals surface area contributed by atoms with Crippen molar-refractivity contribution < 1.29 is 18.3 Å². The van der Waals surface area contributed by atoms with Gasteiger partial charge in [0.05, 0.1) is 17.2 Å². The molecule has 2 rings (SSSR count). The summed E-state index contributed by atoms with van der Waals surface area (Å²) >= 11 is 0. The molecule has 0 aliphatic carbocycles. The van der Waals surface area contributed by atoms with Crippen LogP contribution in [0.2, 0.25) is 0 Å². The lowest BCUT2D eigenvalue weighted by molar-refractivity contribution is -0.137. The van der Waals surface area contributed by atoms with Gasteiger partial charge in [-0.15, -0.1) is 0 Å². The van der Waals surface area contributed by atoms with Crippen LogP contribution in [0.5, 0.6) is 0 Å². The molecule has 1 aromatic heterocycles. The second kappa shape index (κ2) is 6.30. The Labute approximate surface area is 120 Å². The number of aliphatic hydroxyl groups is 1. The van der Waals surface area contributed by atoms with Gasteiger partial charge >= 0.3 is 6.18 Å². The van der Waals surface area contributed by atoms with Crippen LogP contribution in [0.15, 0.2) is 30.5 Å². The van der Waals surface area contributed by atoms with Gasteiger partial charge in [-0.05, 0) is 24.6 Å². The van der Waals surface area contributed by atoms with Crippen molar-refractivity contribution in [2.45, 2.75) is 32.0 Å². The molecule has 21 heavy (non-hydrogen) atoms. The van der Waals surface area contributed by atoms with E-state index < -0.39 is 17.8 Å². The third kappa shape index (κ3) is 3.85. The Kier molecular flexibility index (Phi) is 4.67. The Hall–Kier alpha value is -1.82. The molecule has 0 saturated heterocycles. The minimum atomic E-state index is -4.38. The topological polar surface area (TPSA) is 45.1 Å². The number of benzene rings is 1. The van der Waals surface area contributed by atoms with Crippen molar-refractivity contribution in [3.05, 3.63) is 36.0 Å². The maximum absolute atomic E-state index is 12.7. The molecule has 0 bridgehead atoms. The highest BCUT2D eigenvalue weighted by Crippen LogP contribution is 2.32. The fourth-order valence-electron chi connectivity index (χ4n) is 2.14. The molecule has 0 fully saturated rings. The van der Waals surface area contributed by atoms with Gasteiger partial charge in [-0.1, -0.05) is 19.4 Å². The Bertz CT molecular complexity index is 613. The lowest BCUT2D eigenvalue weighted by atomic mass is 10.1. The maximum Gasteiger partial charge on any atom is 0.416 e. The molecule has 1 heterocycles. The van der Waals surface area contributed by atoms with Crippen LogP contribution in [0.4, 0.5) is 18.9 Å². The monoisotopic (exact) mass is 298 g/mol. The molecule has 3 nitrogen and oxygen atoms in total. The van der Waals surface area contributed by atoms with Gasteiger partial charge in [-0.3, -0.25) is 4.98 Å². The minimum Gasteiger partial charge on any atom is -0.391 e. The number of rotatable bonds is 5. The van der Waals surface area contributed by atoms with Crippen LogP contribution in [0.1, 0.15) is 25.3 Å². The zero-order chi connectivity index (χ0) is 15.5. The zero-order valence-electron chi connectivity index (χ0n) is 11.6. The van der Waals surface area contributed by atoms with Crippen LogP contribution in [0.3, 0.4) is 0 Å². The fraction of sp³-hybridized carbons (Fsp3) is 0.400. The summed E-state index contributed by atoms with van der Waals surface area (Å²) < 4.78 is 38.0. The predicted molar refractivity (Wildman–Crippen MR) is 76.1 cm³/mol. The third-order valence-electron chi connectivity index (χ3n) is 3.22. The van der Waals surface area contributed by atoms with Gasteiger partial charge < -0.3 is 10.4 Å². The number of halogens is 3. The maximum atomic E-state index is 12.7. The highest BCUT2D eigenvalue weighted by Gasteiger charge is 2.30. The number of fused-ring (bicyclic) bond motifs is 1. The lowest BCUT2D eigenvalue weighted by Gasteiger charge is -2.14. The Morgan fingerprint density at radius 2 is 2.05 bits per heavy atom. The Morgan fingerprint density at radius 1 is 1.29 bits per heavy atom. The van der Waals surface area contributed by atoms with E-state index in [1.807, 2.05) is 6.92 Å². The van der Waals surface area contributed by atoms with Gasteiger partial charge in [0.15, 0.2) is 0 Å². The first-order chi connectivity index (χ1) is 9.91. The second-order valence-electron chi connectivity index (χ2n) is 4.91. The van der Waals surface area contributed by atoms with Crippen molar-refractivity contribution >= 4 is 16.6 Å². The largest absolute Gasteiger partial charge is 0.416 e. The normalized spacial score (nSPS) is 13.4. The number of pyridine rings is 1. The number of hydrogen-bond donors (Lipinski definition) is 2. The molecule has 0 amide bonds. The number of nitrogens with zero attached hydrogens (tertiary/aromatic N) is 1. The van der Waals surface area contributed by atoms with Gasteiger partial charge in [0.25, 0.3) is 0 Å².